The minimum atomic E-state index is -4.39. The molecule has 13 heteroatoms. The van der Waals surface area contributed by atoms with Crippen molar-refractivity contribution >= 4 is 48.5 Å². The monoisotopic (exact) mass is 662 g/mol. The van der Waals surface area contributed by atoms with Crippen molar-refractivity contribution in [3.05, 3.63) is 52.4 Å². The first kappa shape index (κ1) is 32.9. The van der Waals surface area contributed by atoms with Gasteiger partial charge < -0.3 is 20.7 Å². The first-order valence-electron chi connectivity index (χ1n) is 14.9. The highest BCUT2D eigenvalue weighted by Gasteiger charge is 2.32. The summed E-state index contributed by atoms with van der Waals surface area (Å²) in [6.45, 7) is 1.32. The Morgan fingerprint density at radius 1 is 1.09 bits per heavy atom. The van der Waals surface area contributed by atoms with Gasteiger partial charge in [0.15, 0.2) is 9.84 Å². The lowest BCUT2D eigenvalue weighted by Gasteiger charge is -2.39. The summed E-state index contributed by atoms with van der Waals surface area (Å²) in [4.78, 5) is 14.6. The van der Waals surface area contributed by atoms with Gasteiger partial charge in [0, 0.05) is 37.8 Å². The van der Waals surface area contributed by atoms with Crippen molar-refractivity contribution in [1.29, 1.82) is 0 Å². The molecule has 2 fully saturated rings. The summed E-state index contributed by atoms with van der Waals surface area (Å²) in [7, 11) is 0.104. The maximum Gasteiger partial charge on any atom is 0.393 e. The van der Waals surface area contributed by atoms with E-state index >= 15 is 0 Å². The number of thiophene rings is 1. The number of ether oxygens (including phenoxy) is 1. The first-order chi connectivity index (χ1) is 21.5. The summed E-state index contributed by atoms with van der Waals surface area (Å²) < 4.78 is 70.8. The topological polar surface area (TPSA) is 99.8 Å². The van der Waals surface area contributed by atoms with Gasteiger partial charge in [-0.2, -0.15) is 13.2 Å². The van der Waals surface area contributed by atoms with Crippen LogP contribution in [0.3, 0.4) is 0 Å². The quantitative estimate of drug-likeness (QED) is 0.282. The van der Waals surface area contributed by atoms with E-state index in [1.54, 1.807) is 30.3 Å². The molecule has 3 aromatic rings. The third-order valence-corrected chi connectivity index (χ3v) is 11.2. The Labute approximate surface area is 265 Å². The fraction of sp³-hybridized carbons (Fsp3) is 0.469. The van der Waals surface area contributed by atoms with Gasteiger partial charge in [-0.15, -0.1) is 11.3 Å². The van der Waals surface area contributed by atoms with Crippen LogP contribution < -0.4 is 20.7 Å². The number of nitrogens with zero attached hydrogens (tertiary/aromatic N) is 1. The average molecular weight is 663 g/mol. The Balaban J connectivity index is 1.30. The van der Waals surface area contributed by atoms with Crippen LogP contribution in [0.2, 0.25) is 0 Å². The number of halogens is 3. The van der Waals surface area contributed by atoms with E-state index in [9.17, 15) is 26.4 Å². The number of sulfone groups is 1. The average Bonchev–Trinajstić information content (AvgIpc) is 3.35. The number of carbonyl (C=O) groups is 1. The summed E-state index contributed by atoms with van der Waals surface area (Å²) in [6.07, 6.45) is -1.77. The predicted molar refractivity (Wildman–Crippen MR) is 173 cm³/mol. The molecule has 2 heterocycles. The van der Waals surface area contributed by atoms with Crippen LogP contribution in [0.1, 0.15) is 46.5 Å². The number of rotatable bonds is 8. The van der Waals surface area contributed by atoms with Crippen LogP contribution in [0.25, 0.3) is 10.1 Å². The van der Waals surface area contributed by atoms with E-state index in [0.717, 1.165) is 36.1 Å². The normalized spacial score (nSPS) is 20.2. The van der Waals surface area contributed by atoms with Crippen molar-refractivity contribution in [2.75, 3.05) is 55.9 Å². The molecule has 1 saturated heterocycles. The van der Waals surface area contributed by atoms with Crippen LogP contribution in [-0.2, 0) is 16.3 Å². The van der Waals surface area contributed by atoms with Gasteiger partial charge in [-0.25, -0.2) is 8.42 Å². The van der Waals surface area contributed by atoms with Crippen LogP contribution in [0, 0.1) is 11.8 Å². The van der Waals surface area contributed by atoms with Gasteiger partial charge in [-0.1, -0.05) is 24.0 Å². The number of alkyl halides is 3. The van der Waals surface area contributed by atoms with E-state index in [2.05, 4.69) is 32.7 Å². The molecule has 1 aromatic heterocycles. The van der Waals surface area contributed by atoms with E-state index in [0.29, 0.717) is 46.4 Å². The van der Waals surface area contributed by atoms with Crippen molar-refractivity contribution in [1.82, 2.24) is 10.2 Å². The van der Waals surface area contributed by atoms with Crippen LogP contribution in [-0.4, -0.2) is 82.8 Å². The molecular formula is C32H37F3N4O4S2. The van der Waals surface area contributed by atoms with E-state index in [4.69, 9.17) is 4.74 Å². The van der Waals surface area contributed by atoms with E-state index < -0.39 is 22.4 Å². The number of hydrogen-bond donors (Lipinski definition) is 3. The number of anilines is 2. The fourth-order valence-electron chi connectivity index (χ4n) is 6.04. The first-order valence-corrected chi connectivity index (χ1v) is 17.5. The molecule has 0 unspecified atom stereocenters. The standard InChI is InChI=1S/C32H37F3N4O4S2/c1-36-31(40)21-8-13-26(28(19-21)43-2)37-14-4-7-29-25(20-32(33,34)35)24-5-3-6-27(30(24)44-29)38-22-9-11-23(12-10-22)39-15-17-45(41,42)18-16-39/h3,5-6,8,13,19,22-23,37-38H,9-12,14-18,20H2,1-2H3,(H,36,40). The Hall–Kier alpha value is -3.47. The second-order valence-electron chi connectivity index (χ2n) is 11.4. The number of carbonyl (C=O) groups excluding carboxylic acids is 1. The minimum Gasteiger partial charge on any atom is -0.495 e. The lowest BCUT2D eigenvalue weighted by atomic mass is 9.90. The predicted octanol–water partition coefficient (Wildman–Crippen LogP) is 5.29. The summed E-state index contributed by atoms with van der Waals surface area (Å²) in [5.41, 5.74) is 2.03. The summed E-state index contributed by atoms with van der Waals surface area (Å²) in [6, 6.07) is 10.9. The second-order valence-corrected chi connectivity index (χ2v) is 14.7. The maximum absolute atomic E-state index is 13.7. The van der Waals surface area contributed by atoms with Gasteiger partial charge in [-0.05, 0) is 60.9 Å². The van der Waals surface area contributed by atoms with E-state index in [1.807, 2.05) is 6.07 Å². The molecule has 1 aliphatic heterocycles. The van der Waals surface area contributed by atoms with Gasteiger partial charge in [0.05, 0.1) is 52.5 Å². The van der Waals surface area contributed by atoms with Gasteiger partial charge in [0.25, 0.3) is 5.91 Å². The van der Waals surface area contributed by atoms with Crippen molar-refractivity contribution in [3.8, 4) is 17.6 Å². The molecule has 8 nitrogen and oxygen atoms in total. The molecule has 0 spiro atoms. The highest BCUT2D eigenvalue weighted by atomic mass is 32.2. The molecule has 1 amide bonds. The number of amides is 1. The number of nitrogens with one attached hydrogen (secondary N) is 3. The smallest absolute Gasteiger partial charge is 0.393 e. The number of hydrogen-bond acceptors (Lipinski definition) is 8. The summed E-state index contributed by atoms with van der Waals surface area (Å²) >= 11 is 1.27. The van der Waals surface area contributed by atoms with Gasteiger partial charge in [0.1, 0.15) is 5.75 Å². The molecular weight excluding hydrogens is 626 g/mol. The molecule has 1 aliphatic carbocycles. The largest absolute Gasteiger partial charge is 0.495 e. The van der Waals surface area contributed by atoms with Crippen molar-refractivity contribution in [3.63, 3.8) is 0 Å². The number of fused-ring (bicyclic) bond motifs is 1. The Bertz CT molecular complexity index is 1690. The minimum absolute atomic E-state index is 0.159. The zero-order valence-electron chi connectivity index (χ0n) is 25.2. The highest BCUT2D eigenvalue weighted by molar-refractivity contribution is 7.91. The Morgan fingerprint density at radius 2 is 1.82 bits per heavy atom. The van der Waals surface area contributed by atoms with Gasteiger partial charge in [-0.3, -0.25) is 9.69 Å². The highest BCUT2D eigenvalue weighted by Crippen LogP contribution is 2.40. The molecule has 45 heavy (non-hydrogen) atoms. The lowest BCUT2D eigenvalue weighted by molar-refractivity contribution is -0.126. The SMILES string of the molecule is CNC(=O)c1ccc(NCC#Cc2sc3c(NC4CCC(N5CCS(=O)(=O)CC5)CC4)cccc3c2CC(F)(F)F)c(OC)c1. The fourth-order valence-corrected chi connectivity index (χ4v) is 8.45. The van der Waals surface area contributed by atoms with Crippen molar-refractivity contribution < 1.29 is 31.1 Å². The molecule has 0 radical (unpaired) electrons. The molecule has 1 saturated carbocycles. The molecule has 2 aromatic carbocycles. The summed E-state index contributed by atoms with van der Waals surface area (Å²) in [5.74, 6) is 6.57. The molecule has 5 rings (SSSR count). The van der Waals surface area contributed by atoms with Crippen LogP contribution in [0.15, 0.2) is 36.4 Å². The molecule has 3 N–H and O–H groups in total. The third kappa shape index (κ3) is 8.23. The molecule has 0 bridgehead atoms. The second kappa shape index (κ2) is 13.9. The van der Waals surface area contributed by atoms with Gasteiger partial charge in [0.2, 0.25) is 0 Å². The molecule has 242 valence electrons. The zero-order valence-corrected chi connectivity index (χ0v) is 26.9. The number of methoxy groups -OCH3 is 1. The number of benzene rings is 2. The van der Waals surface area contributed by atoms with E-state index in [1.165, 1.54) is 25.5 Å². The molecule has 2 aliphatic rings. The van der Waals surface area contributed by atoms with Crippen LogP contribution in [0.5, 0.6) is 5.75 Å². The zero-order chi connectivity index (χ0) is 32.2. The Morgan fingerprint density at radius 3 is 2.49 bits per heavy atom. The Kier molecular flexibility index (Phi) is 10.2. The maximum atomic E-state index is 13.7. The van der Waals surface area contributed by atoms with Crippen LogP contribution in [0.4, 0.5) is 24.5 Å². The third-order valence-electron chi connectivity index (χ3n) is 8.41. The molecule has 0 atom stereocenters. The van der Waals surface area contributed by atoms with Crippen LogP contribution >= 0.6 is 11.3 Å². The van der Waals surface area contributed by atoms with E-state index in [-0.39, 0.29) is 35.6 Å². The van der Waals surface area contributed by atoms with Gasteiger partial charge >= 0.3 is 6.18 Å². The van der Waals surface area contributed by atoms with Crippen molar-refractivity contribution in [2.45, 2.75) is 50.4 Å². The summed E-state index contributed by atoms with van der Waals surface area (Å²) in [5, 5.41) is 9.83. The van der Waals surface area contributed by atoms with Crippen molar-refractivity contribution in [2.24, 2.45) is 0 Å². The lowest BCUT2D eigenvalue weighted by Crippen LogP contribution is -2.48.